The summed E-state index contributed by atoms with van der Waals surface area (Å²) in [6, 6.07) is 4.71. The van der Waals surface area contributed by atoms with Crippen molar-refractivity contribution in [3.05, 3.63) is 40.2 Å². The van der Waals surface area contributed by atoms with Crippen molar-refractivity contribution in [2.75, 3.05) is 19.8 Å². The molecule has 0 N–H and O–H groups in total. The smallest absolute Gasteiger partial charge is 0.341 e. The Morgan fingerprint density at radius 2 is 2.39 bits per heavy atom. The first-order valence-electron chi connectivity index (χ1n) is 7.39. The summed E-state index contributed by atoms with van der Waals surface area (Å²) in [6.07, 6.45) is 2.21. The van der Waals surface area contributed by atoms with Crippen molar-refractivity contribution in [3.8, 4) is 11.3 Å². The minimum absolute atomic E-state index is 0.0174. The lowest BCUT2D eigenvalue weighted by atomic mass is 10.1. The van der Waals surface area contributed by atoms with E-state index in [9.17, 15) is 9.18 Å². The maximum atomic E-state index is 14.5. The van der Waals surface area contributed by atoms with Gasteiger partial charge in [0.2, 0.25) is 0 Å². The molecule has 2 heterocycles. The van der Waals surface area contributed by atoms with E-state index in [2.05, 4.69) is 21.0 Å². The molecular weight excluding hydrogens is 367 g/mol. The molecule has 0 saturated carbocycles. The summed E-state index contributed by atoms with van der Waals surface area (Å²) >= 11 is 3.24. The molecule has 0 amide bonds. The molecule has 1 aromatic carbocycles. The highest BCUT2D eigenvalue weighted by Gasteiger charge is 2.28. The molecule has 0 aliphatic carbocycles. The van der Waals surface area contributed by atoms with Gasteiger partial charge >= 0.3 is 5.97 Å². The second-order valence-corrected chi connectivity index (χ2v) is 6.13. The van der Waals surface area contributed by atoms with Crippen LogP contribution in [0.5, 0.6) is 0 Å². The molecule has 1 aliphatic rings. The maximum Gasteiger partial charge on any atom is 0.341 e. The van der Waals surface area contributed by atoms with Crippen LogP contribution in [0.3, 0.4) is 0 Å². The molecule has 3 rings (SSSR count). The van der Waals surface area contributed by atoms with E-state index in [1.165, 1.54) is 12.3 Å². The predicted molar refractivity (Wildman–Crippen MR) is 85.8 cm³/mol. The quantitative estimate of drug-likeness (QED) is 0.758. The summed E-state index contributed by atoms with van der Waals surface area (Å²) in [7, 11) is 0. The lowest BCUT2D eigenvalue weighted by Gasteiger charge is -2.15. The van der Waals surface area contributed by atoms with E-state index in [-0.39, 0.29) is 18.2 Å². The fourth-order valence-corrected chi connectivity index (χ4v) is 3.00. The second kappa shape index (κ2) is 6.80. The highest BCUT2D eigenvalue weighted by Crippen LogP contribution is 2.33. The first-order chi connectivity index (χ1) is 11.1. The van der Waals surface area contributed by atoms with Gasteiger partial charge in [0.1, 0.15) is 11.4 Å². The minimum atomic E-state index is -0.505. The number of hydrogen-bond acceptors (Lipinski definition) is 4. The molecule has 1 unspecified atom stereocenters. The zero-order chi connectivity index (χ0) is 16.4. The lowest BCUT2D eigenvalue weighted by molar-refractivity contribution is 0.0527. The first-order valence-corrected chi connectivity index (χ1v) is 8.19. The molecule has 1 aromatic heterocycles. The summed E-state index contributed by atoms with van der Waals surface area (Å²) < 4.78 is 27.2. The average Bonchev–Trinajstić information content (AvgIpc) is 3.16. The van der Waals surface area contributed by atoms with Gasteiger partial charge < -0.3 is 9.47 Å². The van der Waals surface area contributed by atoms with Crippen LogP contribution in [0.2, 0.25) is 0 Å². The van der Waals surface area contributed by atoms with Crippen molar-refractivity contribution in [3.63, 3.8) is 0 Å². The molecule has 1 atom stereocenters. The fraction of sp³-hybridized carbons (Fsp3) is 0.375. The summed E-state index contributed by atoms with van der Waals surface area (Å²) in [5, 5.41) is 4.30. The third kappa shape index (κ3) is 3.16. The van der Waals surface area contributed by atoms with E-state index < -0.39 is 11.8 Å². The summed E-state index contributed by atoms with van der Waals surface area (Å²) in [5.74, 6) is -0.930. The van der Waals surface area contributed by atoms with Crippen molar-refractivity contribution in [1.29, 1.82) is 0 Å². The number of halogens is 2. The standard InChI is InChI=1S/C16H16BrFN2O3/c1-2-23-16(21)13-8-19-20(11-5-6-22-9-11)15(13)12-4-3-10(17)7-14(12)18/h3-4,7-8,11H,2,5-6,9H2,1H3. The van der Waals surface area contributed by atoms with Crippen molar-refractivity contribution in [1.82, 2.24) is 9.78 Å². The van der Waals surface area contributed by atoms with E-state index in [0.717, 1.165) is 6.42 Å². The van der Waals surface area contributed by atoms with Gasteiger partial charge in [0.05, 0.1) is 31.1 Å². The van der Waals surface area contributed by atoms with E-state index in [4.69, 9.17) is 9.47 Å². The van der Waals surface area contributed by atoms with Crippen LogP contribution in [0.15, 0.2) is 28.9 Å². The Hall–Kier alpha value is -1.73. The third-order valence-electron chi connectivity index (χ3n) is 3.73. The zero-order valence-corrected chi connectivity index (χ0v) is 14.2. The van der Waals surface area contributed by atoms with Crippen LogP contribution in [0.25, 0.3) is 11.3 Å². The second-order valence-electron chi connectivity index (χ2n) is 5.21. The largest absolute Gasteiger partial charge is 0.462 e. The number of rotatable bonds is 4. The van der Waals surface area contributed by atoms with Gasteiger partial charge in [-0.1, -0.05) is 15.9 Å². The van der Waals surface area contributed by atoms with Crippen LogP contribution in [0.1, 0.15) is 29.7 Å². The van der Waals surface area contributed by atoms with Crippen LogP contribution >= 0.6 is 15.9 Å². The van der Waals surface area contributed by atoms with Gasteiger partial charge in [0.25, 0.3) is 0 Å². The molecule has 0 bridgehead atoms. The number of ether oxygens (including phenoxy) is 2. The first kappa shape index (κ1) is 16.1. The molecule has 0 radical (unpaired) electrons. The monoisotopic (exact) mass is 382 g/mol. The predicted octanol–water partition coefficient (Wildman–Crippen LogP) is 3.59. The van der Waals surface area contributed by atoms with Gasteiger partial charge in [0.15, 0.2) is 0 Å². The van der Waals surface area contributed by atoms with Crippen LogP contribution < -0.4 is 0 Å². The Morgan fingerprint density at radius 3 is 3.04 bits per heavy atom. The van der Waals surface area contributed by atoms with Gasteiger partial charge in [-0.15, -0.1) is 0 Å². The van der Waals surface area contributed by atoms with Crippen LogP contribution in [-0.2, 0) is 9.47 Å². The van der Waals surface area contributed by atoms with Crippen LogP contribution in [-0.4, -0.2) is 35.6 Å². The van der Waals surface area contributed by atoms with Crippen molar-refractivity contribution in [2.24, 2.45) is 0 Å². The van der Waals surface area contributed by atoms with Crippen LogP contribution in [0, 0.1) is 5.82 Å². The summed E-state index contributed by atoms with van der Waals surface area (Å²) in [4.78, 5) is 12.2. The van der Waals surface area contributed by atoms with Gasteiger partial charge in [-0.3, -0.25) is 4.68 Å². The van der Waals surface area contributed by atoms with E-state index in [0.29, 0.717) is 28.9 Å². The molecule has 0 spiro atoms. The van der Waals surface area contributed by atoms with Gasteiger partial charge in [-0.25, -0.2) is 9.18 Å². The normalized spacial score (nSPS) is 17.4. The number of benzene rings is 1. The van der Waals surface area contributed by atoms with E-state index in [1.54, 1.807) is 23.7 Å². The number of nitrogens with zero attached hydrogens (tertiary/aromatic N) is 2. The van der Waals surface area contributed by atoms with Gasteiger partial charge in [0, 0.05) is 16.6 Å². The Kier molecular flexibility index (Phi) is 4.77. The molecule has 5 nitrogen and oxygen atoms in total. The molecular formula is C16H16BrFN2O3. The van der Waals surface area contributed by atoms with E-state index >= 15 is 0 Å². The Morgan fingerprint density at radius 1 is 1.57 bits per heavy atom. The van der Waals surface area contributed by atoms with Crippen molar-refractivity contribution >= 4 is 21.9 Å². The van der Waals surface area contributed by atoms with Crippen LogP contribution in [0.4, 0.5) is 4.39 Å². The Bertz CT molecular complexity index is 726. The average molecular weight is 383 g/mol. The van der Waals surface area contributed by atoms with Gasteiger partial charge in [-0.2, -0.15) is 5.10 Å². The minimum Gasteiger partial charge on any atom is -0.462 e. The Balaban J connectivity index is 2.13. The molecule has 23 heavy (non-hydrogen) atoms. The Labute approximate surface area is 141 Å². The number of hydrogen-bond donors (Lipinski definition) is 0. The van der Waals surface area contributed by atoms with Gasteiger partial charge in [-0.05, 0) is 31.5 Å². The molecule has 7 heteroatoms. The van der Waals surface area contributed by atoms with Crippen molar-refractivity contribution < 1.29 is 18.7 Å². The topological polar surface area (TPSA) is 53.3 Å². The van der Waals surface area contributed by atoms with E-state index in [1.807, 2.05) is 0 Å². The molecule has 2 aromatic rings. The molecule has 1 saturated heterocycles. The maximum absolute atomic E-state index is 14.5. The lowest BCUT2D eigenvalue weighted by Crippen LogP contribution is -2.14. The third-order valence-corrected chi connectivity index (χ3v) is 4.22. The number of esters is 1. The highest BCUT2D eigenvalue weighted by molar-refractivity contribution is 9.10. The molecule has 122 valence electrons. The van der Waals surface area contributed by atoms with Crippen molar-refractivity contribution in [2.45, 2.75) is 19.4 Å². The number of carbonyl (C=O) groups excluding carboxylic acids is 1. The number of aromatic nitrogens is 2. The molecule has 1 fully saturated rings. The SMILES string of the molecule is CCOC(=O)c1cnn(C2CCOC2)c1-c1ccc(Br)cc1F. The zero-order valence-electron chi connectivity index (χ0n) is 12.6. The highest BCUT2D eigenvalue weighted by atomic mass is 79.9. The summed E-state index contributed by atoms with van der Waals surface area (Å²) in [6.45, 7) is 3.10. The number of carbonyl (C=O) groups is 1. The summed E-state index contributed by atoms with van der Waals surface area (Å²) in [5.41, 5.74) is 1.02. The fourth-order valence-electron chi connectivity index (χ4n) is 2.66. The molecule has 1 aliphatic heterocycles.